The molecular formula is C24H27ClN2O. The third kappa shape index (κ3) is 4.77. The number of nitrogens with zero attached hydrogens (tertiary/aromatic N) is 1. The lowest BCUT2D eigenvalue weighted by Crippen LogP contribution is -2.40. The molecule has 1 atom stereocenters. The number of amides is 1. The van der Waals surface area contributed by atoms with E-state index in [-0.39, 0.29) is 0 Å². The summed E-state index contributed by atoms with van der Waals surface area (Å²) in [5.74, 6) is 0.885. The highest BCUT2D eigenvalue weighted by Gasteiger charge is 2.23. The van der Waals surface area contributed by atoms with Gasteiger partial charge in [0.1, 0.15) is 0 Å². The van der Waals surface area contributed by atoms with Crippen LogP contribution in [0.2, 0.25) is 5.02 Å². The summed E-state index contributed by atoms with van der Waals surface area (Å²) in [6.45, 7) is 1.81. The fourth-order valence-corrected chi connectivity index (χ4v) is 4.47. The van der Waals surface area contributed by atoms with Crippen LogP contribution < -0.4 is 0 Å². The lowest BCUT2D eigenvalue weighted by molar-refractivity contribution is -0.133. The average molecular weight is 395 g/mol. The van der Waals surface area contributed by atoms with Crippen LogP contribution in [-0.2, 0) is 17.6 Å². The minimum Gasteiger partial charge on any atom is -0.358 e. The van der Waals surface area contributed by atoms with Gasteiger partial charge in [0, 0.05) is 41.1 Å². The van der Waals surface area contributed by atoms with Crippen LogP contribution in [-0.4, -0.2) is 28.9 Å². The monoisotopic (exact) mass is 394 g/mol. The third-order valence-corrected chi connectivity index (χ3v) is 5.95. The van der Waals surface area contributed by atoms with Crippen molar-refractivity contribution in [2.24, 2.45) is 5.92 Å². The first-order valence-corrected chi connectivity index (χ1v) is 10.6. The second-order valence-corrected chi connectivity index (χ2v) is 8.35. The lowest BCUT2D eigenvalue weighted by Gasteiger charge is -2.33. The molecule has 3 aromatic rings. The number of aromatic amines is 1. The van der Waals surface area contributed by atoms with Gasteiger partial charge in [0.05, 0.1) is 0 Å². The fraction of sp³-hybridized carbons (Fsp3) is 0.375. The number of hydrogen-bond donors (Lipinski definition) is 1. The van der Waals surface area contributed by atoms with Crippen molar-refractivity contribution in [1.82, 2.24) is 9.88 Å². The summed E-state index contributed by atoms with van der Waals surface area (Å²) in [6.07, 6.45) is 5.79. The van der Waals surface area contributed by atoms with Gasteiger partial charge in [-0.25, -0.2) is 0 Å². The Hall–Kier alpha value is -2.26. The van der Waals surface area contributed by atoms with Crippen molar-refractivity contribution in [2.45, 2.75) is 38.5 Å². The molecule has 1 amide bonds. The zero-order valence-corrected chi connectivity index (χ0v) is 16.9. The zero-order chi connectivity index (χ0) is 19.3. The molecule has 4 rings (SSSR count). The van der Waals surface area contributed by atoms with Crippen LogP contribution in [0.25, 0.3) is 10.9 Å². The largest absolute Gasteiger partial charge is 0.358 e. The summed E-state index contributed by atoms with van der Waals surface area (Å²) >= 11 is 6.06. The molecule has 28 heavy (non-hydrogen) atoms. The lowest BCUT2D eigenvalue weighted by atomic mass is 9.91. The maximum Gasteiger partial charge on any atom is 0.222 e. The second-order valence-electron chi connectivity index (χ2n) is 7.92. The van der Waals surface area contributed by atoms with E-state index in [2.05, 4.69) is 46.3 Å². The smallest absolute Gasteiger partial charge is 0.222 e. The van der Waals surface area contributed by atoms with Crippen LogP contribution >= 0.6 is 11.6 Å². The number of H-pyrrole nitrogens is 1. The molecule has 4 heteroatoms. The van der Waals surface area contributed by atoms with E-state index in [4.69, 9.17) is 11.6 Å². The van der Waals surface area contributed by atoms with Crippen molar-refractivity contribution in [1.29, 1.82) is 0 Å². The van der Waals surface area contributed by atoms with Crippen molar-refractivity contribution >= 4 is 28.4 Å². The normalized spacial score (nSPS) is 17.2. The van der Waals surface area contributed by atoms with Gasteiger partial charge < -0.3 is 9.88 Å². The van der Waals surface area contributed by atoms with Crippen LogP contribution in [0.15, 0.2) is 54.6 Å². The minimum absolute atomic E-state index is 0.303. The number of halogens is 1. The van der Waals surface area contributed by atoms with E-state index >= 15 is 0 Å². The molecular weight excluding hydrogens is 368 g/mol. The standard InChI is InChI=1S/C24H27ClN2O/c25-21-11-12-23-20(15-21)16-22(26-23)9-4-10-24(28)27-13-5-8-19(17-27)14-18-6-2-1-3-7-18/h1-3,6-7,11-12,15-16,19,26H,4-5,8-10,13-14,17H2. The Kier molecular flexibility index (Phi) is 6.01. The van der Waals surface area contributed by atoms with Crippen LogP contribution in [0, 0.1) is 5.92 Å². The first kappa shape index (κ1) is 19.1. The van der Waals surface area contributed by atoms with E-state index in [1.165, 1.54) is 17.7 Å². The first-order valence-electron chi connectivity index (χ1n) is 10.3. The number of hydrogen-bond acceptors (Lipinski definition) is 1. The van der Waals surface area contributed by atoms with Crippen molar-refractivity contribution in [3.8, 4) is 0 Å². The molecule has 0 bridgehead atoms. The van der Waals surface area contributed by atoms with E-state index in [9.17, 15) is 4.79 Å². The number of likely N-dealkylation sites (tertiary alicyclic amines) is 1. The summed E-state index contributed by atoms with van der Waals surface area (Å²) in [6, 6.07) is 18.6. The average Bonchev–Trinajstić information content (AvgIpc) is 3.10. The van der Waals surface area contributed by atoms with Gasteiger partial charge in [0.25, 0.3) is 0 Å². The minimum atomic E-state index is 0.303. The number of rotatable bonds is 6. The molecule has 3 nitrogen and oxygen atoms in total. The highest BCUT2D eigenvalue weighted by Crippen LogP contribution is 2.23. The number of nitrogens with one attached hydrogen (secondary N) is 1. The van der Waals surface area contributed by atoms with Crippen LogP contribution in [0.1, 0.15) is 36.9 Å². The summed E-state index contributed by atoms with van der Waals surface area (Å²) in [5, 5.41) is 1.89. The SMILES string of the molecule is O=C(CCCc1cc2cc(Cl)ccc2[nH]1)N1CCCC(Cc2ccccc2)C1. The molecule has 1 N–H and O–H groups in total. The van der Waals surface area contributed by atoms with Gasteiger partial charge in [-0.05, 0) is 67.9 Å². The molecule has 1 saturated heterocycles. The summed E-state index contributed by atoms with van der Waals surface area (Å²) in [7, 11) is 0. The molecule has 146 valence electrons. The van der Waals surface area contributed by atoms with Gasteiger partial charge in [-0.3, -0.25) is 4.79 Å². The highest BCUT2D eigenvalue weighted by atomic mass is 35.5. The predicted molar refractivity (Wildman–Crippen MR) is 116 cm³/mol. The van der Waals surface area contributed by atoms with Gasteiger partial charge in [0.2, 0.25) is 5.91 Å². The van der Waals surface area contributed by atoms with E-state index in [0.717, 1.165) is 54.7 Å². The molecule has 1 unspecified atom stereocenters. The van der Waals surface area contributed by atoms with Crippen molar-refractivity contribution < 1.29 is 4.79 Å². The van der Waals surface area contributed by atoms with Gasteiger partial charge in [-0.2, -0.15) is 0 Å². The van der Waals surface area contributed by atoms with E-state index in [1.807, 2.05) is 18.2 Å². The van der Waals surface area contributed by atoms with Gasteiger partial charge in [-0.15, -0.1) is 0 Å². The molecule has 2 heterocycles. The molecule has 0 radical (unpaired) electrons. The molecule has 1 fully saturated rings. The molecule has 2 aromatic carbocycles. The van der Waals surface area contributed by atoms with Crippen LogP contribution in [0.3, 0.4) is 0 Å². The van der Waals surface area contributed by atoms with Gasteiger partial charge in [0.15, 0.2) is 0 Å². The number of fused-ring (bicyclic) bond motifs is 1. The number of aryl methyl sites for hydroxylation is 1. The maximum absolute atomic E-state index is 12.7. The molecule has 0 aliphatic carbocycles. The number of carbonyl (C=O) groups is 1. The molecule has 1 aromatic heterocycles. The quantitative estimate of drug-likeness (QED) is 0.578. The van der Waals surface area contributed by atoms with Gasteiger partial charge >= 0.3 is 0 Å². The zero-order valence-electron chi connectivity index (χ0n) is 16.2. The number of benzene rings is 2. The predicted octanol–water partition coefficient (Wildman–Crippen LogP) is 5.63. The Morgan fingerprint density at radius 2 is 2.00 bits per heavy atom. The topological polar surface area (TPSA) is 36.1 Å². The number of aromatic nitrogens is 1. The van der Waals surface area contributed by atoms with Gasteiger partial charge in [-0.1, -0.05) is 41.9 Å². The first-order chi connectivity index (χ1) is 13.7. The Labute approximate surface area is 171 Å². The molecule has 1 aliphatic rings. The van der Waals surface area contributed by atoms with E-state index in [0.29, 0.717) is 18.2 Å². The van der Waals surface area contributed by atoms with Crippen LogP contribution in [0.4, 0.5) is 0 Å². The Bertz CT molecular complexity index is 934. The Morgan fingerprint density at radius 1 is 1.14 bits per heavy atom. The summed E-state index contributed by atoms with van der Waals surface area (Å²) in [4.78, 5) is 18.2. The summed E-state index contributed by atoms with van der Waals surface area (Å²) in [5.41, 5.74) is 3.65. The maximum atomic E-state index is 12.7. The van der Waals surface area contributed by atoms with E-state index in [1.54, 1.807) is 0 Å². The Balaban J connectivity index is 1.27. The molecule has 1 aliphatic heterocycles. The fourth-order valence-electron chi connectivity index (χ4n) is 4.29. The summed E-state index contributed by atoms with van der Waals surface area (Å²) < 4.78 is 0. The van der Waals surface area contributed by atoms with Crippen molar-refractivity contribution in [3.05, 3.63) is 70.9 Å². The number of carbonyl (C=O) groups excluding carboxylic acids is 1. The van der Waals surface area contributed by atoms with Crippen molar-refractivity contribution in [3.63, 3.8) is 0 Å². The van der Waals surface area contributed by atoms with Crippen LogP contribution in [0.5, 0.6) is 0 Å². The second kappa shape index (κ2) is 8.83. The molecule has 0 spiro atoms. The molecule has 0 saturated carbocycles. The third-order valence-electron chi connectivity index (χ3n) is 5.71. The van der Waals surface area contributed by atoms with E-state index < -0.39 is 0 Å². The number of piperidine rings is 1. The highest BCUT2D eigenvalue weighted by molar-refractivity contribution is 6.31. The Morgan fingerprint density at radius 3 is 2.86 bits per heavy atom. The van der Waals surface area contributed by atoms with Crippen molar-refractivity contribution in [2.75, 3.05) is 13.1 Å².